The summed E-state index contributed by atoms with van der Waals surface area (Å²) in [5, 5.41) is 3.64. The first-order valence-corrected chi connectivity index (χ1v) is 6.77. The minimum atomic E-state index is -0.296. The lowest BCUT2D eigenvalue weighted by Crippen LogP contribution is -2.14. The van der Waals surface area contributed by atoms with Crippen molar-refractivity contribution in [2.75, 3.05) is 11.1 Å². The summed E-state index contributed by atoms with van der Waals surface area (Å²) < 4.78 is 0. The summed E-state index contributed by atoms with van der Waals surface area (Å²) in [6.45, 7) is 3.87. The van der Waals surface area contributed by atoms with Gasteiger partial charge in [-0.1, -0.05) is 29.3 Å². The Morgan fingerprint density at radius 1 is 1.10 bits per heavy atom. The Morgan fingerprint density at radius 3 is 2.30 bits per heavy atom. The van der Waals surface area contributed by atoms with E-state index in [1.165, 1.54) is 0 Å². The second kappa shape index (κ2) is 5.73. The fraction of sp³-hybridized carbons (Fsp3) is 0.133. The topological polar surface area (TPSA) is 55.1 Å². The van der Waals surface area contributed by atoms with Crippen molar-refractivity contribution in [1.82, 2.24) is 0 Å². The minimum Gasteiger partial charge on any atom is -0.397 e. The standard InChI is InChI=1S/C15H14Cl2N2O/c1-8-3-4-13(18)14(9(8)2)19-15(20)10-5-11(16)7-12(17)6-10/h3-7H,18H2,1-2H3,(H,19,20). The van der Waals surface area contributed by atoms with Gasteiger partial charge in [0.2, 0.25) is 0 Å². The molecule has 0 saturated carbocycles. The summed E-state index contributed by atoms with van der Waals surface area (Å²) in [5.41, 5.74) is 9.43. The third kappa shape index (κ3) is 3.06. The van der Waals surface area contributed by atoms with Gasteiger partial charge in [0.1, 0.15) is 0 Å². The second-order valence-electron chi connectivity index (χ2n) is 4.58. The quantitative estimate of drug-likeness (QED) is 0.806. The highest BCUT2D eigenvalue weighted by molar-refractivity contribution is 6.35. The zero-order valence-electron chi connectivity index (χ0n) is 11.1. The van der Waals surface area contributed by atoms with E-state index in [-0.39, 0.29) is 5.91 Å². The summed E-state index contributed by atoms with van der Waals surface area (Å²) in [7, 11) is 0. The molecule has 1 amide bonds. The normalized spacial score (nSPS) is 10.4. The number of aryl methyl sites for hydroxylation is 1. The number of anilines is 2. The molecular formula is C15H14Cl2N2O. The van der Waals surface area contributed by atoms with Crippen LogP contribution in [0.4, 0.5) is 11.4 Å². The predicted molar refractivity (Wildman–Crippen MR) is 84.7 cm³/mol. The maximum Gasteiger partial charge on any atom is 0.255 e. The molecule has 0 heterocycles. The monoisotopic (exact) mass is 308 g/mol. The van der Waals surface area contributed by atoms with Gasteiger partial charge in [-0.15, -0.1) is 0 Å². The van der Waals surface area contributed by atoms with Gasteiger partial charge in [0.05, 0.1) is 11.4 Å². The van der Waals surface area contributed by atoms with Gasteiger partial charge < -0.3 is 11.1 Å². The van der Waals surface area contributed by atoms with Crippen molar-refractivity contribution in [3.63, 3.8) is 0 Å². The Kier molecular flexibility index (Phi) is 4.21. The summed E-state index contributed by atoms with van der Waals surface area (Å²) in [6, 6.07) is 8.37. The lowest BCUT2D eigenvalue weighted by molar-refractivity contribution is 0.102. The predicted octanol–water partition coefficient (Wildman–Crippen LogP) is 4.44. The molecule has 2 aromatic rings. The van der Waals surface area contributed by atoms with Crippen LogP contribution < -0.4 is 11.1 Å². The molecular weight excluding hydrogens is 295 g/mol. The molecule has 5 heteroatoms. The molecule has 2 aromatic carbocycles. The third-order valence-corrected chi connectivity index (χ3v) is 3.57. The van der Waals surface area contributed by atoms with Gasteiger partial charge in [-0.05, 0) is 49.2 Å². The molecule has 0 spiro atoms. The Hall–Kier alpha value is -1.71. The average Bonchev–Trinajstić information content (AvgIpc) is 2.38. The molecule has 0 aromatic heterocycles. The highest BCUT2D eigenvalue weighted by atomic mass is 35.5. The van der Waals surface area contributed by atoms with Gasteiger partial charge in [-0.3, -0.25) is 4.79 Å². The Balaban J connectivity index is 2.35. The van der Waals surface area contributed by atoms with E-state index in [0.717, 1.165) is 11.1 Å². The number of nitrogens with two attached hydrogens (primary N) is 1. The number of nitrogen functional groups attached to an aromatic ring is 1. The molecule has 2 rings (SSSR count). The van der Waals surface area contributed by atoms with E-state index < -0.39 is 0 Å². The first-order valence-electron chi connectivity index (χ1n) is 6.01. The van der Waals surface area contributed by atoms with Gasteiger partial charge >= 0.3 is 0 Å². The molecule has 0 saturated heterocycles. The Morgan fingerprint density at radius 2 is 1.70 bits per heavy atom. The molecule has 104 valence electrons. The van der Waals surface area contributed by atoms with Crippen molar-refractivity contribution in [2.45, 2.75) is 13.8 Å². The van der Waals surface area contributed by atoms with Crippen molar-refractivity contribution in [3.05, 3.63) is 57.1 Å². The minimum absolute atomic E-state index is 0.296. The molecule has 0 aliphatic rings. The number of amides is 1. The van der Waals surface area contributed by atoms with Crippen molar-refractivity contribution in [3.8, 4) is 0 Å². The highest BCUT2D eigenvalue weighted by Crippen LogP contribution is 2.27. The number of hydrogen-bond acceptors (Lipinski definition) is 2. The van der Waals surface area contributed by atoms with Gasteiger partial charge in [0.25, 0.3) is 5.91 Å². The van der Waals surface area contributed by atoms with E-state index in [4.69, 9.17) is 28.9 Å². The smallest absolute Gasteiger partial charge is 0.255 e. The van der Waals surface area contributed by atoms with Crippen LogP contribution in [0.25, 0.3) is 0 Å². The van der Waals surface area contributed by atoms with Crippen molar-refractivity contribution >= 4 is 40.5 Å². The van der Waals surface area contributed by atoms with Crippen LogP contribution in [0.1, 0.15) is 21.5 Å². The lowest BCUT2D eigenvalue weighted by Gasteiger charge is -2.13. The largest absolute Gasteiger partial charge is 0.397 e. The zero-order valence-corrected chi connectivity index (χ0v) is 12.6. The highest BCUT2D eigenvalue weighted by Gasteiger charge is 2.12. The number of benzene rings is 2. The van der Waals surface area contributed by atoms with Gasteiger partial charge in [0.15, 0.2) is 0 Å². The second-order valence-corrected chi connectivity index (χ2v) is 5.46. The van der Waals surface area contributed by atoms with E-state index in [1.54, 1.807) is 24.3 Å². The molecule has 0 unspecified atom stereocenters. The van der Waals surface area contributed by atoms with Crippen LogP contribution in [0.15, 0.2) is 30.3 Å². The van der Waals surface area contributed by atoms with E-state index in [0.29, 0.717) is 27.0 Å². The van der Waals surface area contributed by atoms with E-state index in [1.807, 2.05) is 19.9 Å². The summed E-state index contributed by atoms with van der Waals surface area (Å²) in [5.74, 6) is -0.296. The Labute approximate surface area is 127 Å². The van der Waals surface area contributed by atoms with Crippen LogP contribution in [-0.4, -0.2) is 5.91 Å². The van der Waals surface area contributed by atoms with Crippen molar-refractivity contribution in [1.29, 1.82) is 0 Å². The molecule has 0 fully saturated rings. The molecule has 0 aliphatic carbocycles. The van der Waals surface area contributed by atoms with Gasteiger partial charge in [-0.2, -0.15) is 0 Å². The molecule has 3 N–H and O–H groups in total. The van der Waals surface area contributed by atoms with Crippen molar-refractivity contribution < 1.29 is 4.79 Å². The molecule has 0 bridgehead atoms. The summed E-state index contributed by atoms with van der Waals surface area (Å²) in [4.78, 5) is 12.3. The zero-order chi connectivity index (χ0) is 14.9. The molecule has 3 nitrogen and oxygen atoms in total. The fourth-order valence-electron chi connectivity index (χ4n) is 1.87. The average molecular weight is 309 g/mol. The number of carbonyl (C=O) groups is 1. The number of carbonyl (C=O) groups excluding carboxylic acids is 1. The number of nitrogens with one attached hydrogen (secondary N) is 1. The van der Waals surface area contributed by atoms with E-state index in [9.17, 15) is 4.79 Å². The van der Waals surface area contributed by atoms with Crippen LogP contribution >= 0.6 is 23.2 Å². The number of rotatable bonds is 2. The van der Waals surface area contributed by atoms with Crippen molar-refractivity contribution in [2.24, 2.45) is 0 Å². The SMILES string of the molecule is Cc1ccc(N)c(NC(=O)c2cc(Cl)cc(Cl)c2)c1C. The van der Waals surface area contributed by atoms with Crippen LogP contribution in [0.2, 0.25) is 10.0 Å². The third-order valence-electron chi connectivity index (χ3n) is 3.13. The van der Waals surface area contributed by atoms with Crippen LogP contribution in [0.5, 0.6) is 0 Å². The summed E-state index contributed by atoms with van der Waals surface area (Å²) >= 11 is 11.8. The molecule has 0 radical (unpaired) electrons. The van der Waals surface area contributed by atoms with Crippen LogP contribution in [0.3, 0.4) is 0 Å². The van der Waals surface area contributed by atoms with Gasteiger partial charge in [-0.25, -0.2) is 0 Å². The number of halogens is 2. The molecule has 0 aliphatic heterocycles. The van der Waals surface area contributed by atoms with Gasteiger partial charge in [0, 0.05) is 15.6 Å². The molecule has 0 atom stereocenters. The van der Waals surface area contributed by atoms with Crippen LogP contribution in [0, 0.1) is 13.8 Å². The first-order chi connectivity index (χ1) is 9.38. The first kappa shape index (κ1) is 14.7. The van der Waals surface area contributed by atoms with E-state index in [2.05, 4.69) is 5.32 Å². The molecule has 20 heavy (non-hydrogen) atoms. The number of hydrogen-bond donors (Lipinski definition) is 2. The maximum atomic E-state index is 12.3. The fourth-order valence-corrected chi connectivity index (χ4v) is 2.40. The Bertz CT molecular complexity index is 664. The summed E-state index contributed by atoms with van der Waals surface area (Å²) in [6.07, 6.45) is 0. The van der Waals surface area contributed by atoms with Crippen LogP contribution in [-0.2, 0) is 0 Å². The van der Waals surface area contributed by atoms with E-state index >= 15 is 0 Å². The maximum absolute atomic E-state index is 12.3. The lowest BCUT2D eigenvalue weighted by atomic mass is 10.1.